The molecule has 0 aromatic carbocycles. The minimum atomic E-state index is 0.112. The molecule has 2 heterocycles. The van der Waals surface area contributed by atoms with E-state index >= 15 is 0 Å². The summed E-state index contributed by atoms with van der Waals surface area (Å²) in [7, 11) is 0. The topological polar surface area (TPSA) is 66.0 Å². The Kier molecular flexibility index (Phi) is 3.57. The average Bonchev–Trinajstić information content (AvgIpc) is 2.27. The van der Waals surface area contributed by atoms with Crippen LogP contribution < -0.4 is 10.6 Å². The molecule has 1 saturated heterocycles. The number of pyridine rings is 1. The van der Waals surface area contributed by atoms with E-state index in [0.717, 1.165) is 24.3 Å². The highest BCUT2D eigenvalue weighted by atomic mass is 32.2. The van der Waals surface area contributed by atoms with Crippen molar-refractivity contribution in [2.45, 2.75) is 24.3 Å². The van der Waals surface area contributed by atoms with Crippen molar-refractivity contribution in [2.24, 2.45) is 5.73 Å². The standard InChI is InChI=1S/C12H18N4S/c1-8-6-16(7-9(2)17-8)11-5-15-4-3-10(11)12(13)14/h3-5,8-9H,6-7H2,1-2H3,(H3,13,14). The molecule has 1 aromatic heterocycles. The average molecular weight is 250 g/mol. The molecule has 0 bridgehead atoms. The molecule has 1 aromatic rings. The van der Waals surface area contributed by atoms with E-state index in [0.29, 0.717) is 10.5 Å². The van der Waals surface area contributed by atoms with Gasteiger partial charge >= 0.3 is 0 Å². The molecule has 0 aliphatic carbocycles. The SMILES string of the molecule is CC1CN(c2cnccc2C(=N)N)CC(C)S1. The van der Waals surface area contributed by atoms with Gasteiger partial charge in [0.05, 0.1) is 11.9 Å². The number of nitrogens with two attached hydrogens (primary N) is 1. The van der Waals surface area contributed by atoms with Crippen molar-refractivity contribution in [3.8, 4) is 0 Å². The molecule has 1 aliphatic heterocycles. The van der Waals surface area contributed by atoms with E-state index in [4.69, 9.17) is 11.1 Å². The molecule has 0 radical (unpaired) electrons. The third-order valence-corrected chi connectivity index (χ3v) is 4.08. The molecular formula is C12H18N4S. The molecule has 4 nitrogen and oxygen atoms in total. The van der Waals surface area contributed by atoms with Crippen LogP contribution in [-0.2, 0) is 0 Å². The normalized spacial score (nSPS) is 24.7. The number of hydrogen-bond acceptors (Lipinski definition) is 4. The lowest BCUT2D eigenvalue weighted by atomic mass is 10.1. The largest absolute Gasteiger partial charge is 0.384 e. The van der Waals surface area contributed by atoms with Gasteiger partial charge in [0, 0.05) is 35.3 Å². The molecule has 0 spiro atoms. The van der Waals surface area contributed by atoms with Crippen molar-refractivity contribution in [3.05, 3.63) is 24.0 Å². The summed E-state index contributed by atoms with van der Waals surface area (Å²) < 4.78 is 0. The highest BCUT2D eigenvalue weighted by Crippen LogP contribution is 2.29. The Bertz CT molecular complexity index is 411. The van der Waals surface area contributed by atoms with Crippen molar-refractivity contribution < 1.29 is 0 Å². The number of amidine groups is 1. The van der Waals surface area contributed by atoms with Gasteiger partial charge in [0.15, 0.2) is 0 Å². The van der Waals surface area contributed by atoms with Gasteiger partial charge < -0.3 is 10.6 Å². The highest BCUT2D eigenvalue weighted by Gasteiger charge is 2.24. The van der Waals surface area contributed by atoms with Crippen molar-refractivity contribution >= 4 is 23.3 Å². The van der Waals surface area contributed by atoms with Gasteiger partial charge in [-0.05, 0) is 6.07 Å². The number of rotatable bonds is 2. The number of anilines is 1. The summed E-state index contributed by atoms with van der Waals surface area (Å²) >= 11 is 2.01. The maximum Gasteiger partial charge on any atom is 0.125 e. The number of nitrogens with one attached hydrogen (secondary N) is 1. The summed E-state index contributed by atoms with van der Waals surface area (Å²) in [5, 5.41) is 8.81. The van der Waals surface area contributed by atoms with Crippen LogP contribution in [0, 0.1) is 5.41 Å². The van der Waals surface area contributed by atoms with Crippen molar-refractivity contribution in [3.63, 3.8) is 0 Å². The van der Waals surface area contributed by atoms with Gasteiger partial charge in [-0.1, -0.05) is 13.8 Å². The molecule has 5 heteroatoms. The Labute approximate surface area is 106 Å². The predicted molar refractivity (Wildman–Crippen MR) is 74.0 cm³/mol. The van der Waals surface area contributed by atoms with E-state index in [9.17, 15) is 0 Å². The minimum absolute atomic E-state index is 0.112. The molecule has 2 rings (SSSR count). The van der Waals surface area contributed by atoms with Gasteiger partial charge in [0.1, 0.15) is 5.84 Å². The lowest BCUT2D eigenvalue weighted by Crippen LogP contribution is -2.41. The number of thioether (sulfide) groups is 1. The molecule has 2 atom stereocenters. The number of aromatic nitrogens is 1. The first-order valence-corrected chi connectivity index (χ1v) is 6.71. The molecule has 0 saturated carbocycles. The molecule has 3 N–H and O–H groups in total. The Morgan fingerprint density at radius 1 is 1.47 bits per heavy atom. The zero-order chi connectivity index (χ0) is 12.4. The van der Waals surface area contributed by atoms with Crippen LogP contribution in [0.25, 0.3) is 0 Å². The van der Waals surface area contributed by atoms with Crippen LogP contribution in [0.2, 0.25) is 0 Å². The van der Waals surface area contributed by atoms with Crippen molar-refractivity contribution in [2.75, 3.05) is 18.0 Å². The Hall–Kier alpha value is -1.23. The van der Waals surface area contributed by atoms with E-state index in [-0.39, 0.29) is 5.84 Å². The Morgan fingerprint density at radius 3 is 2.71 bits per heavy atom. The molecule has 17 heavy (non-hydrogen) atoms. The summed E-state index contributed by atoms with van der Waals surface area (Å²) in [5.41, 5.74) is 7.38. The third kappa shape index (κ3) is 2.72. The second-order valence-corrected chi connectivity index (χ2v) is 6.35. The first kappa shape index (κ1) is 12.2. The molecule has 1 aliphatic rings. The summed E-state index contributed by atoms with van der Waals surface area (Å²) in [6.45, 7) is 6.44. The highest BCUT2D eigenvalue weighted by molar-refractivity contribution is 8.00. The van der Waals surface area contributed by atoms with Crippen LogP contribution in [-0.4, -0.2) is 34.4 Å². The number of nitrogen functional groups attached to an aromatic ring is 1. The Morgan fingerprint density at radius 2 is 2.12 bits per heavy atom. The van der Waals surface area contributed by atoms with E-state index < -0.39 is 0 Å². The lowest BCUT2D eigenvalue weighted by Gasteiger charge is -2.36. The summed E-state index contributed by atoms with van der Waals surface area (Å²) in [4.78, 5) is 6.44. The maximum atomic E-state index is 7.61. The van der Waals surface area contributed by atoms with Crippen LogP contribution in [0.4, 0.5) is 5.69 Å². The fourth-order valence-electron chi connectivity index (χ4n) is 2.24. The quantitative estimate of drug-likeness (QED) is 0.619. The van der Waals surface area contributed by atoms with Crippen LogP contribution in [0.15, 0.2) is 18.5 Å². The van der Waals surface area contributed by atoms with E-state index in [1.54, 1.807) is 6.20 Å². The second kappa shape index (κ2) is 4.96. The lowest BCUT2D eigenvalue weighted by molar-refractivity contribution is 0.726. The van der Waals surface area contributed by atoms with Crippen molar-refractivity contribution in [1.82, 2.24) is 4.98 Å². The van der Waals surface area contributed by atoms with E-state index in [2.05, 4.69) is 23.7 Å². The zero-order valence-corrected chi connectivity index (χ0v) is 11.0. The van der Waals surface area contributed by atoms with E-state index in [1.165, 1.54) is 0 Å². The number of hydrogen-bond donors (Lipinski definition) is 2. The number of nitrogens with zero attached hydrogens (tertiary/aromatic N) is 2. The van der Waals surface area contributed by atoms with Gasteiger partial charge in [-0.25, -0.2) is 0 Å². The molecule has 92 valence electrons. The molecule has 1 fully saturated rings. The van der Waals surface area contributed by atoms with E-state index in [1.807, 2.05) is 24.0 Å². The summed E-state index contributed by atoms with van der Waals surface area (Å²) in [6, 6.07) is 1.81. The van der Waals surface area contributed by atoms with Crippen LogP contribution in [0.5, 0.6) is 0 Å². The fourth-order valence-corrected chi connectivity index (χ4v) is 3.57. The van der Waals surface area contributed by atoms with Crippen LogP contribution >= 0.6 is 11.8 Å². The van der Waals surface area contributed by atoms with Gasteiger partial charge in [-0.2, -0.15) is 11.8 Å². The first-order valence-electron chi connectivity index (χ1n) is 5.76. The predicted octanol–water partition coefficient (Wildman–Crippen LogP) is 1.70. The molecule has 0 amide bonds. The minimum Gasteiger partial charge on any atom is -0.384 e. The second-order valence-electron chi connectivity index (χ2n) is 4.47. The Balaban J connectivity index is 2.30. The smallest absolute Gasteiger partial charge is 0.125 e. The van der Waals surface area contributed by atoms with Crippen molar-refractivity contribution in [1.29, 1.82) is 5.41 Å². The van der Waals surface area contributed by atoms with Gasteiger partial charge in [-0.15, -0.1) is 0 Å². The summed E-state index contributed by atoms with van der Waals surface area (Å²) in [6.07, 6.45) is 3.50. The fraction of sp³-hybridized carbons (Fsp3) is 0.500. The van der Waals surface area contributed by atoms with Gasteiger partial charge in [0.2, 0.25) is 0 Å². The van der Waals surface area contributed by atoms with Crippen LogP contribution in [0.3, 0.4) is 0 Å². The monoisotopic (exact) mass is 250 g/mol. The summed E-state index contributed by atoms with van der Waals surface area (Å²) in [5.74, 6) is 0.112. The van der Waals surface area contributed by atoms with Gasteiger partial charge in [-0.3, -0.25) is 10.4 Å². The molecular weight excluding hydrogens is 232 g/mol. The van der Waals surface area contributed by atoms with Crippen LogP contribution in [0.1, 0.15) is 19.4 Å². The third-order valence-electron chi connectivity index (χ3n) is 2.85. The maximum absolute atomic E-state index is 7.61. The van der Waals surface area contributed by atoms with Gasteiger partial charge in [0.25, 0.3) is 0 Å². The zero-order valence-electron chi connectivity index (χ0n) is 10.2. The first-order chi connectivity index (χ1) is 8.08. The molecule has 2 unspecified atom stereocenters.